The van der Waals surface area contributed by atoms with E-state index in [4.69, 9.17) is 0 Å². The summed E-state index contributed by atoms with van der Waals surface area (Å²) in [6, 6.07) is 0. The molecule has 2 nitrogen and oxygen atoms in total. The van der Waals surface area contributed by atoms with E-state index in [0.717, 1.165) is 0 Å². The largest absolute Gasteiger partial charge is 0.262 e. The Hall–Kier alpha value is 0.0400. The zero-order valence-electron chi connectivity index (χ0n) is 4.02. The van der Waals surface area contributed by atoms with Crippen LogP contribution < -0.4 is 0 Å². The van der Waals surface area contributed by atoms with Crippen molar-refractivity contribution in [3.8, 4) is 0 Å². The molecule has 0 bridgehead atoms. The quantitative estimate of drug-likeness (QED) is 0.690. The molecular formula is C4H6Br2N2. The van der Waals surface area contributed by atoms with Gasteiger partial charge in [-0.15, -0.1) is 34.0 Å². The van der Waals surface area contributed by atoms with Crippen LogP contribution in [0.1, 0.15) is 0 Å². The van der Waals surface area contributed by atoms with Crippen molar-refractivity contribution < 1.29 is 0 Å². The maximum atomic E-state index is 3.72. The van der Waals surface area contributed by atoms with Gasteiger partial charge in [-0.25, -0.2) is 0 Å². The van der Waals surface area contributed by atoms with Crippen LogP contribution in [0.15, 0.2) is 24.8 Å². The predicted molar refractivity (Wildman–Crippen MR) is 42.7 cm³/mol. The molecule has 8 heavy (non-hydrogen) atoms. The second kappa shape index (κ2) is 7.04. The first-order chi connectivity index (χ1) is 3.00. The molecule has 1 heterocycles. The highest BCUT2D eigenvalue weighted by Crippen LogP contribution is 1.65. The minimum Gasteiger partial charge on any atom is -0.262 e. The average molecular weight is 242 g/mol. The Morgan fingerprint density at radius 2 is 0.875 bits per heavy atom. The van der Waals surface area contributed by atoms with E-state index in [1.54, 1.807) is 24.8 Å². The molecular weight excluding hydrogens is 236 g/mol. The summed E-state index contributed by atoms with van der Waals surface area (Å²) in [7, 11) is 0. The summed E-state index contributed by atoms with van der Waals surface area (Å²) in [6.45, 7) is 0. The van der Waals surface area contributed by atoms with Crippen LogP contribution in [-0.4, -0.2) is 9.97 Å². The number of hydrogen-bond acceptors (Lipinski definition) is 2. The second-order valence-electron chi connectivity index (χ2n) is 0.894. The second-order valence-corrected chi connectivity index (χ2v) is 0.894. The van der Waals surface area contributed by atoms with Crippen molar-refractivity contribution in [2.45, 2.75) is 0 Å². The number of nitrogens with zero attached hydrogens (tertiary/aromatic N) is 2. The Morgan fingerprint density at radius 1 is 0.625 bits per heavy atom. The molecule has 0 radical (unpaired) electrons. The fraction of sp³-hybridized carbons (Fsp3) is 0. The Morgan fingerprint density at radius 3 is 1.00 bits per heavy atom. The van der Waals surface area contributed by atoms with Gasteiger partial charge in [-0.2, -0.15) is 0 Å². The Bertz CT molecular complexity index is 84.0. The summed E-state index contributed by atoms with van der Waals surface area (Å²) in [5.41, 5.74) is 0. The maximum Gasteiger partial charge on any atom is 0.0451 e. The van der Waals surface area contributed by atoms with Crippen LogP contribution in [-0.2, 0) is 0 Å². The van der Waals surface area contributed by atoms with E-state index in [9.17, 15) is 0 Å². The van der Waals surface area contributed by atoms with Crippen molar-refractivity contribution >= 4 is 34.0 Å². The number of rotatable bonds is 0. The van der Waals surface area contributed by atoms with Gasteiger partial charge >= 0.3 is 0 Å². The van der Waals surface area contributed by atoms with Crippen LogP contribution in [0.25, 0.3) is 0 Å². The molecule has 0 aliphatic heterocycles. The van der Waals surface area contributed by atoms with Gasteiger partial charge in [-0.3, -0.25) is 9.97 Å². The lowest BCUT2D eigenvalue weighted by Crippen LogP contribution is -1.66. The highest BCUT2D eigenvalue weighted by Gasteiger charge is 1.59. The zero-order chi connectivity index (χ0) is 4.24. The van der Waals surface area contributed by atoms with Crippen LogP contribution in [0.4, 0.5) is 0 Å². The number of halogens is 2. The van der Waals surface area contributed by atoms with E-state index in [1.165, 1.54) is 0 Å². The van der Waals surface area contributed by atoms with Crippen LogP contribution in [0.5, 0.6) is 0 Å². The van der Waals surface area contributed by atoms with Gasteiger partial charge in [-0.1, -0.05) is 0 Å². The van der Waals surface area contributed by atoms with E-state index in [-0.39, 0.29) is 34.0 Å². The molecule has 0 atom stereocenters. The van der Waals surface area contributed by atoms with E-state index in [0.29, 0.717) is 0 Å². The van der Waals surface area contributed by atoms with Crippen LogP contribution in [0.2, 0.25) is 0 Å². The summed E-state index contributed by atoms with van der Waals surface area (Å²) in [5, 5.41) is 0. The van der Waals surface area contributed by atoms with E-state index < -0.39 is 0 Å². The third-order valence-electron chi connectivity index (χ3n) is 0.478. The molecule has 1 aromatic heterocycles. The van der Waals surface area contributed by atoms with Gasteiger partial charge in [0.1, 0.15) is 0 Å². The topological polar surface area (TPSA) is 25.8 Å². The monoisotopic (exact) mass is 240 g/mol. The van der Waals surface area contributed by atoms with E-state index in [2.05, 4.69) is 9.97 Å². The molecule has 0 unspecified atom stereocenters. The standard InChI is InChI=1S/C4H4N2.2BrH/c1-2-6-4-3-5-1;;/h1-4H;2*1H. The van der Waals surface area contributed by atoms with Crippen molar-refractivity contribution in [3.63, 3.8) is 0 Å². The minimum atomic E-state index is 0. The number of hydrogen-bond donors (Lipinski definition) is 0. The summed E-state index contributed by atoms with van der Waals surface area (Å²) in [5.74, 6) is 0. The van der Waals surface area contributed by atoms with Crippen molar-refractivity contribution in [1.29, 1.82) is 0 Å². The first-order valence-corrected chi connectivity index (χ1v) is 1.70. The van der Waals surface area contributed by atoms with Gasteiger partial charge < -0.3 is 0 Å². The average Bonchev–Trinajstić information content (AvgIpc) is 1.72. The fourth-order valence-electron chi connectivity index (χ4n) is 0.253. The fourth-order valence-corrected chi connectivity index (χ4v) is 0.253. The molecule has 0 saturated carbocycles. The molecule has 46 valence electrons. The highest BCUT2D eigenvalue weighted by molar-refractivity contribution is 8.93. The molecule has 0 amide bonds. The van der Waals surface area contributed by atoms with Gasteiger partial charge in [0.25, 0.3) is 0 Å². The summed E-state index contributed by atoms with van der Waals surface area (Å²) < 4.78 is 0. The van der Waals surface area contributed by atoms with E-state index >= 15 is 0 Å². The normalized spacial score (nSPS) is 6.00. The maximum absolute atomic E-state index is 3.72. The van der Waals surface area contributed by atoms with Crippen LogP contribution >= 0.6 is 34.0 Å². The molecule has 0 fully saturated rings. The molecule has 0 aromatic carbocycles. The molecule has 0 aliphatic rings. The molecule has 1 rings (SSSR count). The van der Waals surface area contributed by atoms with Crippen LogP contribution in [0.3, 0.4) is 0 Å². The summed E-state index contributed by atoms with van der Waals surface area (Å²) in [4.78, 5) is 7.44. The lowest BCUT2D eigenvalue weighted by Gasteiger charge is -1.70. The van der Waals surface area contributed by atoms with Crippen molar-refractivity contribution in [1.82, 2.24) is 9.97 Å². The van der Waals surface area contributed by atoms with Gasteiger partial charge in [0.15, 0.2) is 0 Å². The minimum absolute atomic E-state index is 0. The van der Waals surface area contributed by atoms with Crippen molar-refractivity contribution in [2.24, 2.45) is 0 Å². The summed E-state index contributed by atoms with van der Waals surface area (Å²) >= 11 is 0. The molecule has 0 saturated heterocycles. The lowest BCUT2D eigenvalue weighted by atomic mass is 10.8. The SMILES string of the molecule is Br.Br.c1cnccn1. The van der Waals surface area contributed by atoms with Gasteiger partial charge in [0, 0.05) is 24.8 Å². The highest BCUT2D eigenvalue weighted by atomic mass is 79.9. The summed E-state index contributed by atoms with van der Waals surface area (Å²) in [6.07, 6.45) is 6.56. The third kappa shape index (κ3) is 4.21. The van der Waals surface area contributed by atoms with Crippen LogP contribution in [0, 0.1) is 0 Å². The predicted octanol–water partition coefficient (Wildman–Crippen LogP) is 1.63. The molecule has 0 N–H and O–H groups in total. The molecule has 0 aliphatic carbocycles. The number of aromatic nitrogens is 2. The van der Waals surface area contributed by atoms with Crippen molar-refractivity contribution in [3.05, 3.63) is 24.8 Å². The van der Waals surface area contributed by atoms with E-state index in [1.807, 2.05) is 0 Å². The Labute approximate surface area is 68.9 Å². The van der Waals surface area contributed by atoms with Gasteiger partial charge in [0.05, 0.1) is 0 Å². The smallest absolute Gasteiger partial charge is 0.0451 e. The van der Waals surface area contributed by atoms with Gasteiger partial charge in [0.2, 0.25) is 0 Å². The van der Waals surface area contributed by atoms with Crippen molar-refractivity contribution in [2.75, 3.05) is 0 Å². The third-order valence-corrected chi connectivity index (χ3v) is 0.478. The Kier molecular flexibility index (Phi) is 9.61. The first-order valence-electron chi connectivity index (χ1n) is 1.70. The molecule has 4 heteroatoms. The zero-order valence-corrected chi connectivity index (χ0v) is 7.45. The van der Waals surface area contributed by atoms with Gasteiger partial charge in [-0.05, 0) is 0 Å². The first kappa shape index (κ1) is 10.9. The molecule has 0 spiro atoms. The lowest BCUT2D eigenvalue weighted by molar-refractivity contribution is 1.20. The Balaban J connectivity index is 0. The molecule has 1 aromatic rings.